The molecule has 0 bridgehead atoms. The lowest BCUT2D eigenvalue weighted by Gasteiger charge is -2.08. The maximum absolute atomic E-state index is 13.3. The molecule has 5 heteroatoms. The summed E-state index contributed by atoms with van der Waals surface area (Å²) in [5.41, 5.74) is 2.81. The number of nitrogens with zero attached hydrogens (tertiary/aromatic N) is 4. The summed E-state index contributed by atoms with van der Waals surface area (Å²) in [6.07, 6.45) is 2.46. The monoisotopic (exact) mass is 240 g/mol. The fourth-order valence-electron chi connectivity index (χ4n) is 2.26. The number of fused-ring (bicyclic) bond motifs is 4. The van der Waals surface area contributed by atoms with Crippen LogP contribution in [0.4, 0.5) is 4.39 Å². The molecule has 1 aliphatic heterocycles. The van der Waals surface area contributed by atoms with E-state index in [0.717, 1.165) is 16.9 Å². The number of halogens is 1. The van der Waals surface area contributed by atoms with Crippen LogP contribution in [0.15, 0.2) is 30.1 Å². The van der Waals surface area contributed by atoms with Crippen molar-refractivity contribution < 1.29 is 4.39 Å². The van der Waals surface area contributed by atoms with Gasteiger partial charge in [0.15, 0.2) is 11.3 Å². The first-order valence-corrected chi connectivity index (χ1v) is 5.81. The maximum atomic E-state index is 13.3. The maximum Gasteiger partial charge on any atom is 0.198 e. The molecule has 0 fully saturated rings. The summed E-state index contributed by atoms with van der Waals surface area (Å²) < 4.78 is 15.0. The molecule has 0 saturated carbocycles. The van der Waals surface area contributed by atoms with Crippen LogP contribution in [0.1, 0.15) is 12.2 Å². The molecule has 18 heavy (non-hydrogen) atoms. The van der Waals surface area contributed by atoms with Gasteiger partial charge < -0.3 is 0 Å². The molecule has 0 amide bonds. The van der Waals surface area contributed by atoms with Gasteiger partial charge in [0.25, 0.3) is 0 Å². The van der Waals surface area contributed by atoms with Crippen LogP contribution in [0.25, 0.3) is 28.5 Å². The van der Waals surface area contributed by atoms with Crippen LogP contribution in [-0.4, -0.2) is 19.5 Å². The summed E-state index contributed by atoms with van der Waals surface area (Å²) in [6, 6.07) is 7.62. The molecule has 0 aliphatic carbocycles. The van der Waals surface area contributed by atoms with Gasteiger partial charge in [0.2, 0.25) is 0 Å². The normalized spacial score (nSPS) is 14.8. The van der Waals surface area contributed by atoms with Crippen LogP contribution < -0.4 is 0 Å². The zero-order valence-electron chi connectivity index (χ0n) is 9.47. The van der Waals surface area contributed by atoms with Gasteiger partial charge in [0, 0.05) is 19.0 Å². The van der Waals surface area contributed by atoms with Crippen molar-refractivity contribution in [1.82, 2.24) is 19.5 Å². The lowest BCUT2D eigenvalue weighted by molar-refractivity contribution is 0.572. The first-order valence-electron chi connectivity index (χ1n) is 5.81. The number of imidazole rings is 1. The Hall–Kier alpha value is -2.30. The molecule has 0 saturated heterocycles. The van der Waals surface area contributed by atoms with Gasteiger partial charge in [-0.1, -0.05) is 12.1 Å². The van der Waals surface area contributed by atoms with E-state index in [1.54, 1.807) is 4.57 Å². The van der Waals surface area contributed by atoms with Crippen LogP contribution in [0, 0.1) is 0 Å². The minimum Gasteiger partial charge on any atom is -0.284 e. The Morgan fingerprint density at radius 2 is 1.78 bits per heavy atom. The van der Waals surface area contributed by atoms with E-state index >= 15 is 0 Å². The molecule has 0 spiro atoms. The number of aryl methyl sites for hydroxylation is 1. The van der Waals surface area contributed by atoms with Crippen molar-refractivity contribution in [3.05, 3.63) is 35.9 Å². The molecule has 1 aromatic carbocycles. The number of para-hydroxylation sites is 2. The Morgan fingerprint density at radius 1 is 1.00 bits per heavy atom. The van der Waals surface area contributed by atoms with E-state index in [2.05, 4.69) is 15.0 Å². The zero-order chi connectivity index (χ0) is 12.1. The fraction of sp³-hybridized carbons (Fsp3) is 0.154. The zero-order valence-corrected chi connectivity index (χ0v) is 9.47. The second-order valence-electron chi connectivity index (χ2n) is 4.33. The Labute approximate surface area is 102 Å². The lowest BCUT2D eigenvalue weighted by atomic mass is 10.2. The van der Waals surface area contributed by atoms with E-state index in [9.17, 15) is 4.39 Å². The number of hydrogen-bond donors (Lipinski definition) is 0. The highest BCUT2D eigenvalue weighted by Crippen LogP contribution is 2.24. The second-order valence-corrected chi connectivity index (χ2v) is 4.33. The number of benzene rings is 1. The molecular formula is C13H9FN4. The van der Waals surface area contributed by atoms with Gasteiger partial charge in [0.05, 0.1) is 11.0 Å². The van der Waals surface area contributed by atoms with Crippen molar-refractivity contribution in [2.75, 3.05) is 0 Å². The summed E-state index contributed by atoms with van der Waals surface area (Å²) in [5.74, 6) is 0.679. The summed E-state index contributed by atoms with van der Waals surface area (Å²) in [4.78, 5) is 13.4. The average molecular weight is 240 g/mol. The predicted molar refractivity (Wildman–Crippen MR) is 66.5 cm³/mol. The quantitative estimate of drug-likeness (QED) is 0.606. The number of hydrogen-bond acceptors (Lipinski definition) is 3. The van der Waals surface area contributed by atoms with Crippen LogP contribution in [0.3, 0.4) is 0 Å². The van der Waals surface area contributed by atoms with E-state index in [-0.39, 0.29) is 5.83 Å². The molecule has 0 N–H and O–H groups in total. The molecule has 3 aromatic rings. The molecule has 2 aromatic heterocycles. The third kappa shape index (κ3) is 1.27. The lowest BCUT2D eigenvalue weighted by Crippen LogP contribution is -2.03. The van der Waals surface area contributed by atoms with Gasteiger partial charge in [-0.05, 0) is 12.1 Å². The van der Waals surface area contributed by atoms with E-state index in [1.807, 2.05) is 24.3 Å². The second kappa shape index (κ2) is 3.35. The summed E-state index contributed by atoms with van der Waals surface area (Å²) in [7, 11) is 0. The van der Waals surface area contributed by atoms with Crippen molar-refractivity contribution in [1.29, 1.82) is 0 Å². The molecule has 4 rings (SSSR count). The topological polar surface area (TPSA) is 43.6 Å². The van der Waals surface area contributed by atoms with Crippen molar-refractivity contribution in [2.24, 2.45) is 0 Å². The SMILES string of the molecule is FC1=Cn2c(nc3nc4ccccc4nc32)CC1. The summed E-state index contributed by atoms with van der Waals surface area (Å²) in [5, 5.41) is 0. The molecule has 1 aliphatic rings. The summed E-state index contributed by atoms with van der Waals surface area (Å²) in [6.45, 7) is 0. The highest BCUT2D eigenvalue weighted by atomic mass is 19.1. The number of aromatic nitrogens is 4. The van der Waals surface area contributed by atoms with Gasteiger partial charge in [0.1, 0.15) is 11.7 Å². The average Bonchev–Trinajstić information content (AvgIpc) is 2.73. The smallest absolute Gasteiger partial charge is 0.198 e. The summed E-state index contributed by atoms with van der Waals surface area (Å²) >= 11 is 0. The Morgan fingerprint density at radius 3 is 2.61 bits per heavy atom. The Balaban J connectivity index is 2.13. The first kappa shape index (κ1) is 9.70. The highest BCUT2D eigenvalue weighted by molar-refractivity contribution is 5.84. The van der Waals surface area contributed by atoms with Gasteiger partial charge in [-0.2, -0.15) is 0 Å². The minimum atomic E-state index is -0.142. The standard InChI is InChI=1S/C13H9FN4/c14-8-5-6-11-17-12-13(18(11)7-8)16-10-4-2-1-3-9(10)15-12/h1-4,7H,5-6H2. The van der Waals surface area contributed by atoms with Crippen LogP contribution in [-0.2, 0) is 6.42 Å². The van der Waals surface area contributed by atoms with Gasteiger partial charge in [-0.3, -0.25) is 4.57 Å². The number of rotatable bonds is 0. The largest absolute Gasteiger partial charge is 0.284 e. The van der Waals surface area contributed by atoms with E-state index in [4.69, 9.17) is 0 Å². The first-order chi connectivity index (χ1) is 8.81. The van der Waals surface area contributed by atoms with Gasteiger partial charge in [-0.25, -0.2) is 19.3 Å². The van der Waals surface area contributed by atoms with E-state index in [1.165, 1.54) is 6.20 Å². The third-order valence-electron chi connectivity index (χ3n) is 3.13. The molecule has 0 unspecified atom stereocenters. The molecule has 0 atom stereocenters. The fourth-order valence-corrected chi connectivity index (χ4v) is 2.26. The van der Waals surface area contributed by atoms with Crippen molar-refractivity contribution in [2.45, 2.75) is 12.8 Å². The van der Waals surface area contributed by atoms with Gasteiger partial charge in [-0.15, -0.1) is 0 Å². The van der Waals surface area contributed by atoms with Gasteiger partial charge >= 0.3 is 0 Å². The van der Waals surface area contributed by atoms with Crippen molar-refractivity contribution >= 4 is 28.5 Å². The highest BCUT2D eigenvalue weighted by Gasteiger charge is 2.17. The molecule has 0 radical (unpaired) electrons. The van der Waals surface area contributed by atoms with Crippen LogP contribution in [0.2, 0.25) is 0 Å². The van der Waals surface area contributed by atoms with Crippen molar-refractivity contribution in [3.63, 3.8) is 0 Å². The van der Waals surface area contributed by atoms with E-state index < -0.39 is 0 Å². The minimum absolute atomic E-state index is 0.142. The Bertz CT molecular complexity index is 803. The predicted octanol–water partition coefficient (Wildman–Crippen LogP) is 2.69. The van der Waals surface area contributed by atoms with E-state index in [0.29, 0.717) is 24.1 Å². The number of allylic oxidation sites excluding steroid dienone is 1. The third-order valence-corrected chi connectivity index (χ3v) is 3.13. The molecular weight excluding hydrogens is 231 g/mol. The van der Waals surface area contributed by atoms with Crippen LogP contribution >= 0.6 is 0 Å². The van der Waals surface area contributed by atoms with Crippen LogP contribution in [0.5, 0.6) is 0 Å². The molecule has 88 valence electrons. The molecule has 3 heterocycles. The molecule has 4 nitrogen and oxygen atoms in total. The van der Waals surface area contributed by atoms with Crippen molar-refractivity contribution in [3.8, 4) is 0 Å². The Kier molecular flexibility index (Phi) is 1.81.